The fourth-order valence-electron chi connectivity index (χ4n) is 1.75. The Morgan fingerprint density at radius 3 is 2.83 bits per heavy atom. The highest BCUT2D eigenvalue weighted by molar-refractivity contribution is 5.78. The van der Waals surface area contributed by atoms with Crippen LogP contribution in [0.3, 0.4) is 0 Å². The Labute approximate surface area is 73.4 Å². The third-order valence-electron chi connectivity index (χ3n) is 2.52. The van der Waals surface area contributed by atoms with Gasteiger partial charge in [-0.05, 0) is 25.7 Å². The van der Waals surface area contributed by atoms with Crippen LogP contribution in [0.4, 0.5) is 0 Å². The summed E-state index contributed by atoms with van der Waals surface area (Å²) in [6.45, 7) is 4.52. The van der Waals surface area contributed by atoms with E-state index in [1.165, 1.54) is 12.8 Å². The van der Waals surface area contributed by atoms with E-state index in [2.05, 4.69) is 12.4 Å². The van der Waals surface area contributed by atoms with Crippen molar-refractivity contribution in [2.24, 2.45) is 11.8 Å². The van der Waals surface area contributed by atoms with Gasteiger partial charge in [0.1, 0.15) is 0 Å². The minimum Gasteiger partial charge on any atom is -0.274 e. The second-order valence-electron chi connectivity index (χ2n) is 3.41. The van der Waals surface area contributed by atoms with Gasteiger partial charge in [0.15, 0.2) is 0 Å². The first kappa shape index (κ1) is 9.52. The van der Waals surface area contributed by atoms with Crippen LogP contribution in [-0.2, 0) is 9.63 Å². The minimum atomic E-state index is 0.0573. The molecule has 2 unspecified atom stereocenters. The quantitative estimate of drug-likeness (QED) is 0.653. The predicted molar refractivity (Wildman–Crippen MR) is 46.3 cm³/mol. The third kappa shape index (κ3) is 2.21. The summed E-state index contributed by atoms with van der Waals surface area (Å²) in [7, 11) is 0. The second-order valence-corrected chi connectivity index (χ2v) is 3.41. The molecule has 0 aromatic heterocycles. The topological polar surface area (TPSA) is 38.3 Å². The molecular weight excluding hydrogens is 154 g/mol. The van der Waals surface area contributed by atoms with E-state index in [1.807, 2.05) is 6.92 Å². The molecule has 2 atom stereocenters. The molecule has 3 heteroatoms. The molecular formula is C9H17NO2. The van der Waals surface area contributed by atoms with Crippen LogP contribution in [0.15, 0.2) is 0 Å². The van der Waals surface area contributed by atoms with E-state index in [0.29, 0.717) is 12.5 Å². The number of carbonyl (C=O) groups is 1. The first-order chi connectivity index (χ1) is 5.75. The Bertz CT molecular complexity index is 159. The molecule has 3 nitrogen and oxygen atoms in total. The molecule has 1 amide bonds. The lowest BCUT2D eigenvalue weighted by Crippen LogP contribution is -2.32. The summed E-state index contributed by atoms with van der Waals surface area (Å²) in [6, 6.07) is 0. The Morgan fingerprint density at radius 1 is 1.58 bits per heavy atom. The normalized spacial score (nSPS) is 28.8. The van der Waals surface area contributed by atoms with Crippen LogP contribution in [0.5, 0.6) is 0 Å². The van der Waals surface area contributed by atoms with Crippen molar-refractivity contribution in [3.8, 4) is 0 Å². The molecule has 0 saturated heterocycles. The molecule has 0 aliphatic heterocycles. The summed E-state index contributed by atoms with van der Waals surface area (Å²) in [4.78, 5) is 16.2. The molecule has 0 heterocycles. The van der Waals surface area contributed by atoms with Crippen LogP contribution < -0.4 is 5.48 Å². The van der Waals surface area contributed by atoms with Crippen LogP contribution in [0, 0.1) is 11.8 Å². The highest BCUT2D eigenvalue weighted by atomic mass is 16.6. The van der Waals surface area contributed by atoms with Crippen molar-refractivity contribution in [2.75, 3.05) is 6.61 Å². The Balaban J connectivity index is 2.30. The summed E-state index contributed by atoms with van der Waals surface area (Å²) in [5.74, 6) is 0.754. The lowest BCUT2D eigenvalue weighted by molar-refractivity contribution is -0.138. The number of amides is 1. The van der Waals surface area contributed by atoms with E-state index in [4.69, 9.17) is 4.84 Å². The fraction of sp³-hybridized carbons (Fsp3) is 0.889. The van der Waals surface area contributed by atoms with Crippen LogP contribution in [0.1, 0.15) is 33.1 Å². The minimum absolute atomic E-state index is 0.0573. The van der Waals surface area contributed by atoms with E-state index in [9.17, 15) is 4.79 Å². The van der Waals surface area contributed by atoms with Gasteiger partial charge in [0.2, 0.25) is 5.91 Å². The molecule has 0 radical (unpaired) electrons. The van der Waals surface area contributed by atoms with Gasteiger partial charge in [0, 0.05) is 5.92 Å². The van der Waals surface area contributed by atoms with Crippen LogP contribution in [0.25, 0.3) is 0 Å². The number of hydrogen-bond acceptors (Lipinski definition) is 2. The average molecular weight is 171 g/mol. The summed E-state index contributed by atoms with van der Waals surface area (Å²) < 4.78 is 0. The average Bonchev–Trinajstić information content (AvgIpc) is 2.47. The second kappa shape index (κ2) is 4.45. The Kier molecular flexibility index (Phi) is 3.53. The van der Waals surface area contributed by atoms with Crippen molar-refractivity contribution < 1.29 is 9.63 Å². The molecule has 1 aliphatic carbocycles. The SMILES string of the molecule is CCONC(=O)C1CCCC1C. The molecule has 0 aromatic rings. The lowest BCUT2D eigenvalue weighted by atomic mass is 9.98. The van der Waals surface area contributed by atoms with Gasteiger partial charge in [-0.25, -0.2) is 5.48 Å². The van der Waals surface area contributed by atoms with Crippen molar-refractivity contribution in [2.45, 2.75) is 33.1 Å². The van der Waals surface area contributed by atoms with Crippen molar-refractivity contribution >= 4 is 5.91 Å². The zero-order valence-corrected chi connectivity index (χ0v) is 7.80. The molecule has 0 bridgehead atoms. The van der Waals surface area contributed by atoms with Crippen LogP contribution >= 0.6 is 0 Å². The summed E-state index contributed by atoms with van der Waals surface area (Å²) in [5, 5.41) is 0. The summed E-state index contributed by atoms with van der Waals surface area (Å²) >= 11 is 0. The van der Waals surface area contributed by atoms with E-state index in [1.54, 1.807) is 0 Å². The van der Waals surface area contributed by atoms with Gasteiger partial charge in [-0.1, -0.05) is 13.3 Å². The van der Waals surface area contributed by atoms with Crippen molar-refractivity contribution in [1.82, 2.24) is 5.48 Å². The number of carbonyl (C=O) groups excluding carboxylic acids is 1. The zero-order valence-electron chi connectivity index (χ0n) is 7.80. The first-order valence-electron chi connectivity index (χ1n) is 4.67. The van der Waals surface area contributed by atoms with Gasteiger partial charge in [-0.2, -0.15) is 0 Å². The number of hydroxylamine groups is 1. The molecule has 1 N–H and O–H groups in total. The van der Waals surface area contributed by atoms with E-state index in [-0.39, 0.29) is 11.8 Å². The maximum atomic E-state index is 11.4. The highest BCUT2D eigenvalue weighted by Crippen LogP contribution is 2.30. The highest BCUT2D eigenvalue weighted by Gasteiger charge is 2.29. The standard InChI is InChI=1S/C9H17NO2/c1-3-12-10-9(11)8-6-4-5-7(8)2/h7-8H,3-6H2,1-2H3,(H,10,11). The smallest absolute Gasteiger partial charge is 0.246 e. The summed E-state index contributed by atoms with van der Waals surface area (Å²) in [5.41, 5.74) is 2.47. The molecule has 0 aromatic carbocycles. The Morgan fingerprint density at radius 2 is 2.33 bits per heavy atom. The zero-order chi connectivity index (χ0) is 8.97. The predicted octanol–water partition coefficient (Wildman–Crippen LogP) is 1.49. The van der Waals surface area contributed by atoms with Gasteiger partial charge < -0.3 is 0 Å². The first-order valence-corrected chi connectivity index (χ1v) is 4.67. The summed E-state index contributed by atoms with van der Waals surface area (Å²) in [6.07, 6.45) is 3.36. The monoisotopic (exact) mass is 171 g/mol. The Hall–Kier alpha value is -0.570. The van der Waals surface area contributed by atoms with Gasteiger partial charge in [-0.15, -0.1) is 0 Å². The fourth-order valence-corrected chi connectivity index (χ4v) is 1.75. The molecule has 70 valence electrons. The third-order valence-corrected chi connectivity index (χ3v) is 2.52. The largest absolute Gasteiger partial charge is 0.274 e. The lowest BCUT2D eigenvalue weighted by Gasteiger charge is -2.13. The van der Waals surface area contributed by atoms with E-state index in [0.717, 1.165) is 6.42 Å². The van der Waals surface area contributed by atoms with Crippen LogP contribution in [0.2, 0.25) is 0 Å². The molecule has 0 spiro atoms. The van der Waals surface area contributed by atoms with Gasteiger partial charge in [0.05, 0.1) is 6.61 Å². The molecule has 1 rings (SSSR count). The maximum absolute atomic E-state index is 11.4. The van der Waals surface area contributed by atoms with Gasteiger partial charge in [0.25, 0.3) is 0 Å². The molecule has 12 heavy (non-hydrogen) atoms. The van der Waals surface area contributed by atoms with Gasteiger partial charge >= 0.3 is 0 Å². The van der Waals surface area contributed by atoms with E-state index < -0.39 is 0 Å². The van der Waals surface area contributed by atoms with Crippen LogP contribution in [-0.4, -0.2) is 12.5 Å². The van der Waals surface area contributed by atoms with Crippen molar-refractivity contribution in [3.05, 3.63) is 0 Å². The molecule has 1 saturated carbocycles. The van der Waals surface area contributed by atoms with Gasteiger partial charge in [-0.3, -0.25) is 9.63 Å². The maximum Gasteiger partial charge on any atom is 0.246 e. The van der Waals surface area contributed by atoms with E-state index >= 15 is 0 Å². The number of nitrogens with one attached hydrogen (secondary N) is 1. The number of hydrogen-bond donors (Lipinski definition) is 1. The molecule has 1 aliphatic rings. The van der Waals surface area contributed by atoms with Crippen molar-refractivity contribution in [3.63, 3.8) is 0 Å². The molecule has 1 fully saturated rings. The number of rotatable bonds is 3. The van der Waals surface area contributed by atoms with Crippen molar-refractivity contribution in [1.29, 1.82) is 0 Å².